The van der Waals surface area contributed by atoms with Crippen molar-refractivity contribution in [3.05, 3.63) is 0 Å². The summed E-state index contributed by atoms with van der Waals surface area (Å²) in [6.07, 6.45) is 1.43. The normalized spacial score (nSPS) is 46.2. The van der Waals surface area contributed by atoms with Crippen LogP contribution in [-0.2, 0) is 38.1 Å². The summed E-state index contributed by atoms with van der Waals surface area (Å²) in [4.78, 5) is 48.6. The lowest BCUT2D eigenvalue weighted by Gasteiger charge is -2.64. The molecule has 0 aromatic heterocycles. The molecule has 0 aromatic carbocycles. The van der Waals surface area contributed by atoms with Crippen LogP contribution < -0.4 is 0 Å². The molecule has 184 valence electrons. The van der Waals surface area contributed by atoms with E-state index >= 15 is 0 Å². The molecule has 0 spiro atoms. The molecule has 4 aliphatic rings. The van der Waals surface area contributed by atoms with Crippen LogP contribution in [0.25, 0.3) is 0 Å². The Labute approximate surface area is 195 Å². The van der Waals surface area contributed by atoms with E-state index in [1.165, 1.54) is 20.8 Å². The fraction of sp³-hybridized carbons (Fsp3) is 0.840. The van der Waals surface area contributed by atoms with Gasteiger partial charge in [-0.05, 0) is 50.4 Å². The maximum atomic E-state index is 12.3. The standard InChI is InChI=1S/C25H36O8/c1-12-17-8-7-16-18(9-10-24(5)19(16)11-20(29)33-24)25(17,6)23(32-15(4)28)22(31-14(3)27)21(12)30-13(2)26/h12,16-19,21-23H,7-11H2,1-6H3/t12-,16+,17-,18-,19-,21+,22+,23-,24?,25-/m0/s1. The van der Waals surface area contributed by atoms with Crippen LogP contribution in [0.3, 0.4) is 0 Å². The Morgan fingerprint density at radius 1 is 0.848 bits per heavy atom. The zero-order chi connectivity index (χ0) is 24.3. The van der Waals surface area contributed by atoms with Gasteiger partial charge in [0.1, 0.15) is 17.8 Å². The van der Waals surface area contributed by atoms with Crippen molar-refractivity contribution in [3.8, 4) is 0 Å². The van der Waals surface area contributed by atoms with Gasteiger partial charge in [0.15, 0.2) is 6.10 Å². The molecule has 0 radical (unpaired) electrons. The third-order valence-corrected chi connectivity index (χ3v) is 9.20. The van der Waals surface area contributed by atoms with Gasteiger partial charge in [0, 0.05) is 38.0 Å². The quantitative estimate of drug-likeness (QED) is 0.463. The van der Waals surface area contributed by atoms with E-state index in [-0.39, 0.29) is 35.6 Å². The summed E-state index contributed by atoms with van der Waals surface area (Å²) < 4.78 is 23.1. The van der Waals surface area contributed by atoms with Crippen molar-refractivity contribution in [2.75, 3.05) is 0 Å². The van der Waals surface area contributed by atoms with E-state index < -0.39 is 47.2 Å². The van der Waals surface area contributed by atoms with Crippen LogP contribution in [0.4, 0.5) is 0 Å². The number of esters is 4. The second-order valence-electron chi connectivity index (χ2n) is 11.0. The van der Waals surface area contributed by atoms with Crippen molar-refractivity contribution in [1.82, 2.24) is 0 Å². The molecular weight excluding hydrogens is 428 g/mol. The molecule has 1 unspecified atom stereocenters. The first-order valence-electron chi connectivity index (χ1n) is 12.1. The Morgan fingerprint density at radius 2 is 1.45 bits per heavy atom. The minimum Gasteiger partial charge on any atom is -0.459 e. The van der Waals surface area contributed by atoms with Crippen LogP contribution in [0.5, 0.6) is 0 Å². The van der Waals surface area contributed by atoms with E-state index in [0.717, 1.165) is 25.7 Å². The first-order chi connectivity index (χ1) is 15.4. The highest BCUT2D eigenvalue weighted by Crippen LogP contribution is 2.65. The van der Waals surface area contributed by atoms with Gasteiger partial charge in [0.25, 0.3) is 0 Å². The fourth-order valence-electron chi connectivity index (χ4n) is 8.05. The van der Waals surface area contributed by atoms with Crippen LogP contribution in [0, 0.1) is 35.0 Å². The van der Waals surface area contributed by atoms with Crippen molar-refractivity contribution in [2.24, 2.45) is 35.0 Å². The molecule has 0 N–H and O–H groups in total. The third-order valence-electron chi connectivity index (χ3n) is 9.20. The highest BCUT2D eigenvalue weighted by atomic mass is 16.6. The molecule has 8 nitrogen and oxygen atoms in total. The van der Waals surface area contributed by atoms with Crippen LogP contribution in [-0.4, -0.2) is 47.8 Å². The minimum atomic E-state index is -0.889. The van der Waals surface area contributed by atoms with Crippen LogP contribution >= 0.6 is 0 Å². The lowest BCUT2D eigenvalue weighted by molar-refractivity contribution is -0.260. The Kier molecular flexibility index (Phi) is 6.02. The second-order valence-corrected chi connectivity index (χ2v) is 11.0. The second kappa shape index (κ2) is 8.27. The molecule has 1 aliphatic heterocycles. The summed E-state index contributed by atoms with van der Waals surface area (Å²) in [6, 6.07) is 0. The molecule has 1 saturated heterocycles. The lowest BCUT2D eigenvalue weighted by Crippen LogP contribution is -2.68. The summed E-state index contributed by atoms with van der Waals surface area (Å²) in [7, 11) is 0. The molecule has 0 amide bonds. The van der Waals surface area contributed by atoms with Gasteiger partial charge in [0.2, 0.25) is 0 Å². The zero-order valence-electron chi connectivity index (χ0n) is 20.4. The predicted octanol–water partition coefficient (Wildman–Crippen LogP) is 3.20. The average Bonchev–Trinajstić information content (AvgIpc) is 3.01. The molecule has 1 heterocycles. The van der Waals surface area contributed by atoms with Gasteiger partial charge in [-0.1, -0.05) is 13.8 Å². The van der Waals surface area contributed by atoms with Gasteiger partial charge in [-0.15, -0.1) is 0 Å². The SMILES string of the molecule is CC(=O)O[C@@H]1[C@@H](C)[C@@H]2CC[C@H]3[C@@H]4CC(=O)OC4(C)CC[C@@H]3[C@@]2(C)[C@@H](OC(C)=O)[C@@H]1OC(C)=O. The van der Waals surface area contributed by atoms with E-state index in [0.29, 0.717) is 6.42 Å². The monoisotopic (exact) mass is 464 g/mol. The van der Waals surface area contributed by atoms with E-state index in [4.69, 9.17) is 18.9 Å². The zero-order valence-corrected chi connectivity index (χ0v) is 20.4. The lowest BCUT2D eigenvalue weighted by atomic mass is 9.43. The molecule has 3 aliphatic carbocycles. The topological polar surface area (TPSA) is 105 Å². The van der Waals surface area contributed by atoms with Gasteiger partial charge in [-0.25, -0.2) is 0 Å². The molecule has 8 heteroatoms. The Bertz CT molecular complexity index is 853. The van der Waals surface area contributed by atoms with Crippen molar-refractivity contribution >= 4 is 23.9 Å². The first-order valence-corrected chi connectivity index (χ1v) is 12.1. The van der Waals surface area contributed by atoms with E-state index in [9.17, 15) is 19.2 Å². The summed E-state index contributed by atoms with van der Waals surface area (Å²) in [6.45, 7) is 10.2. The molecule has 3 saturated carbocycles. The predicted molar refractivity (Wildman–Crippen MR) is 115 cm³/mol. The van der Waals surface area contributed by atoms with Crippen LogP contribution in [0.1, 0.15) is 73.6 Å². The number of ether oxygens (including phenoxy) is 4. The van der Waals surface area contributed by atoms with Crippen molar-refractivity contribution in [3.63, 3.8) is 0 Å². The number of hydrogen-bond acceptors (Lipinski definition) is 8. The van der Waals surface area contributed by atoms with E-state index in [1.54, 1.807) is 0 Å². The number of fused-ring (bicyclic) bond motifs is 5. The first kappa shape index (κ1) is 24.0. The van der Waals surface area contributed by atoms with Gasteiger partial charge in [0.05, 0.1) is 6.42 Å². The van der Waals surface area contributed by atoms with Crippen LogP contribution in [0.15, 0.2) is 0 Å². The number of rotatable bonds is 3. The Hall–Kier alpha value is -2.12. The van der Waals surface area contributed by atoms with Crippen LogP contribution in [0.2, 0.25) is 0 Å². The summed E-state index contributed by atoms with van der Waals surface area (Å²) in [5, 5.41) is 0. The highest BCUT2D eigenvalue weighted by Gasteiger charge is 2.68. The van der Waals surface area contributed by atoms with Gasteiger partial charge >= 0.3 is 23.9 Å². The highest BCUT2D eigenvalue weighted by molar-refractivity contribution is 5.73. The largest absolute Gasteiger partial charge is 0.459 e. The van der Waals surface area contributed by atoms with Gasteiger partial charge in [-0.2, -0.15) is 0 Å². The number of carbonyl (C=O) groups is 4. The van der Waals surface area contributed by atoms with Gasteiger partial charge < -0.3 is 18.9 Å². The molecular formula is C25H36O8. The molecule has 33 heavy (non-hydrogen) atoms. The van der Waals surface area contributed by atoms with E-state index in [1.807, 2.05) is 13.8 Å². The van der Waals surface area contributed by atoms with Crippen molar-refractivity contribution in [2.45, 2.75) is 97.6 Å². The Balaban J connectivity index is 1.78. The smallest absolute Gasteiger partial charge is 0.306 e. The maximum Gasteiger partial charge on any atom is 0.306 e. The average molecular weight is 465 g/mol. The van der Waals surface area contributed by atoms with E-state index in [2.05, 4.69) is 6.92 Å². The maximum absolute atomic E-state index is 12.3. The Morgan fingerprint density at radius 3 is 2.06 bits per heavy atom. The third kappa shape index (κ3) is 3.83. The molecule has 4 fully saturated rings. The van der Waals surface area contributed by atoms with Crippen molar-refractivity contribution < 1.29 is 38.1 Å². The molecule has 0 aromatic rings. The molecule has 0 bridgehead atoms. The van der Waals surface area contributed by atoms with Gasteiger partial charge in [-0.3, -0.25) is 19.2 Å². The number of hydrogen-bond donors (Lipinski definition) is 0. The summed E-state index contributed by atoms with van der Waals surface area (Å²) in [5.41, 5.74) is -0.952. The minimum absolute atomic E-state index is 0.0919. The summed E-state index contributed by atoms with van der Waals surface area (Å²) >= 11 is 0. The number of carbonyl (C=O) groups excluding carboxylic acids is 4. The van der Waals surface area contributed by atoms with Crippen molar-refractivity contribution in [1.29, 1.82) is 0 Å². The molecule has 10 atom stereocenters. The summed E-state index contributed by atoms with van der Waals surface area (Å²) in [5.74, 6) is -1.05. The fourth-order valence-corrected chi connectivity index (χ4v) is 8.05. The molecule has 4 rings (SSSR count).